The van der Waals surface area contributed by atoms with Crippen molar-refractivity contribution in [3.63, 3.8) is 0 Å². The zero-order valence-corrected chi connectivity index (χ0v) is 13.3. The molecular weight excluding hydrogens is 208 g/mol. The van der Waals surface area contributed by atoms with Crippen molar-refractivity contribution in [2.45, 2.75) is 73.4 Å². The van der Waals surface area contributed by atoms with Gasteiger partial charge in [0.15, 0.2) is 0 Å². The van der Waals surface area contributed by atoms with E-state index in [0.29, 0.717) is 11.5 Å². The second-order valence-electron chi connectivity index (χ2n) is 7.54. The summed E-state index contributed by atoms with van der Waals surface area (Å²) in [6.07, 6.45) is 1.25. The van der Waals surface area contributed by atoms with E-state index in [0.717, 1.165) is 19.0 Å². The molecule has 0 aliphatic rings. The molecule has 104 valence electrons. The van der Waals surface area contributed by atoms with Gasteiger partial charge in [-0.3, -0.25) is 0 Å². The maximum atomic E-state index is 3.60. The molecule has 0 aliphatic heterocycles. The quantitative estimate of drug-likeness (QED) is 0.746. The number of nitrogens with one attached hydrogen (secondary N) is 2. The fourth-order valence-electron chi connectivity index (χ4n) is 1.51. The predicted octanol–water partition coefficient (Wildman–Crippen LogP) is 3.42. The molecule has 0 saturated carbocycles. The third kappa shape index (κ3) is 9.61. The third-order valence-electron chi connectivity index (χ3n) is 3.49. The van der Waals surface area contributed by atoms with Crippen LogP contribution in [0.15, 0.2) is 0 Å². The smallest absolute Gasteiger partial charge is 0.0164 e. The largest absolute Gasteiger partial charge is 0.313 e. The summed E-state index contributed by atoms with van der Waals surface area (Å²) >= 11 is 0. The van der Waals surface area contributed by atoms with Crippen LogP contribution in [0.3, 0.4) is 0 Å². The Kier molecular flexibility index (Phi) is 6.71. The molecule has 0 radical (unpaired) electrons. The molecule has 2 N–H and O–H groups in total. The first kappa shape index (κ1) is 16.9. The zero-order valence-electron chi connectivity index (χ0n) is 13.3. The van der Waals surface area contributed by atoms with Crippen LogP contribution in [0.5, 0.6) is 0 Å². The fourth-order valence-corrected chi connectivity index (χ4v) is 1.51. The highest BCUT2D eigenvalue weighted by Crippen LogP contribution is 2.27. The molecule has 0 amide bonds. The molecule has 2 atom stereocenters. The van der Waals surface area contributed by atoms with E-state index in [1.165, 1.54) is 6.42 Å². The maximum absolute atomic E-state index is 3.60. The Morgan fingerprint density at radius 2 is 1.47 bits per heavy atom. The van der Waals surface area contributed by atoms with Gasteiger partial charge in [0.2, 0.25) is 0 Å². The Morgan fingerprint density at radius 3 is 1.88 bits per heavy atom. The number of rotatable bonds is 6. The van der Waals surface area contributed by atoms with Crippen LogP contribution in [0.2, 0.25) is 0 Å². The lowest BCUT2D eigenvalue weighted by molar-refractivity contribution is 0.242. The van der Waals surface area contributed by atoms with E-state index < -0.39 is 0 Å². The van der Waals surface area contributed by atoms with Crippen molar-refractivity contribution in [1.29, 1.82) is 0 Å². The van der Waals surface area contributed by atoms with Crippen LogP contribution >= 0.6 is 0 Å². The molecule has 0 rings (SSSR count). The lowest BCUT2D eigenvalue weighted by Gasteiger charge is -2.28. The molecule has 0 aromatic rings. The normalized spacial score (nSPS) is 16.9. The highest BCUT2D eigenvalue weighted by molar-refractivity contribution is 4.75. The van der Waals surface area contributed by atoms with E-state index >= 15 is 0 Å². The van der Waals surface area contributed by atoms with E-state index in [9.17, 15) is 0 Å². The average molecular weight is 242 g/mol. The van der Waals surface area contributed by atoms with Gasteiger partial charge in [0.1, 0.15) is 0 Å². The first-order chi connectivity index (χ1) is 7.52. The molecule has 2 nitrogen and oxygen atoms in total. The van der Waals surface area contributed by atoms with Gasteiger partial charge in [-0.25, -0.2) is 0 Å². The van der Waals surface area contributed by atoms with E-state index in [1.54, 1.807) is 0 Å². The summed E-state index contributed by atoms with van der Waals surface area (Å²) < 4.78 is 0. The van der Waals surface area contributed by atoms with Crippen molar-refractivity contribution in [2.75, 3.05) is 13.1 Å². The van der Waals surface area contributed by atoms with Crippen LogP contribution in [0.4, 0.5) is 0 Å². The van der Waals surface area contributed by atoms with Crippen molar-refractivity contribution < 1.29 is 0 Å². The van der Waals surface area contributed by atoms with Gasteiger partial charge < -0.3 is 10.6 Å². The highest BCUT2D eigenvalue weighted by atomic mass is 15.0. The monoisotopic (exact) mass is 242 g/mol. The summed E-state index contributed by atoms with van der Waals surface area (Å²) in [5.74, 6) is 0.762. The van der Waals surface area contributed by atoms with Crippen LogP contribution in [-0.4, -0.2) is 24.7 Å². The van der Waals surface area contributed by atoms with Gasteiger partial charge in [0.05, 0.1) is 0 Å². The lowest BCUT2D eigenvalue weighted by atomic mass is 9.80. The Balaban J connectivity index is 3.69. The molecular formula is C15H34N2. The van der Waals surface area contributed by atoms with E-state index in [4.69, 9.17) is 0 Å². The number of hydrogen-bond acceptors (Lipinski definition) is 2. The lowest BCUT2D eigenvalue weighted by Crippen LogP contribution is -2.45. The molecule has 0 aromatic heterocycles. The first-order valence-electron chi connectivity index (χ1n) is 7.01. The van der Waals surface area contributed by atoms with Crippen LogP contribution < -0.4 is 10.6 Å². The summed E-state index contributed by atoms with van der Waals surface area (Å²) in [7, 11) is 0. The van der Waals surface area contributed by atoms with Crippen LogP contribution in [0.1, 0.15) is 61.8 Å². The minimum atomic E-state index is 0.217. The predicted molar refractivity (Wildman–Crippen MR) is 78.5 cm³/mol. The topological polar surface area (TPSA) is 24.1 Å². The molecule has 17 heavy (non-hydrogen) atoms. The van der Waals surface area contributed by atoms with Crippen molar-refractivity contribution in [1.82, 2.24) is 10.6 Å². The van der Waals surface area contributed by atoms with E-state index in [1.807, 2.05) is 0 Å². The van der Waals surface area contributed by atoms with Gasteiger partial charge in [-0.1, -0.05) is 27.7 Å². The summed E-state index contributed by atoms with van der Waals surface area (Å²) in [4.78, 5) is 0. The van der Waals surface area contributed by atoms with Crippen molar-refractivity contribution in [2.24, 2.45) is 11.3 Å². The Labute approximate surface area is 109 Å². The van der Waals surface area contributed by atoms with Crippen molar-refractivity contribution >= 4 is 0 Å². The second-order valence-corrected chi connectivity index (χ2v) is 7.54. The van der Waals surface area contributed by atoms with Gasteiger partial charge in [0, 0.05) is 18.1 Å². The summed E-state index contributed by atoms with van der Waals surface area (Å²) in [5, 5.41) is 7.12. The van der Waals surface area contributed by atoms with Gasteiger partial charge in [-0.15, -0.1) is 0 Å². The standard InChI is InChI=1S/C15H34N2/c1-12(14(3,4)5)9-10-16-13(2)11-17-15(6,7)8/h12-13,16-17H,9-11H2,1-8H3. The minimum Gasteiger partial charge on any atom is -0.313 e. The van der Waals surface area contributed by atoms with Gasteiger partial charge >= 0.3 is 0 Å². The molecule has 0 bridgehead atoms. The SMILES string of the molecule is CC(CNC(C)(C)C)NCCC(C)C(C)(C)C. The van der Waals surface area contributed by atoms with Crippen molar-refractivity contribution in [3.05, 3.63) is 0 Å². The molecule has 0 fully saturated rings. The minimum absolute atomic E-state index is 0.217. The molecule has 0 saturated heterocycles. The van der Waals surface area contributed by atoms with Crippen LogP contribution in [-0.2, 0) is 0 Å². The summed E-state index contributed by atoms with van der Waals surface area (Å²) in [6, 6.07) is 0.543. The van der Waals surface area contributed by atoms with Crippen molar-refractivity contribution in [3.8, 4) is 0 Å². The molecule has 0 aromatic carbocycles. The van der Waals surface area contributed by atoms with Gasteiger partial charge in [-0.05, 0) is 52.0 Å². The first-order valence-corrected chi connectivity index (χ1v) is 7.01. The highest BCUT2D eigenvalue weighted by Gasteiger charge is 2.19. The van der Waals surface area contributed by atoms with Crippen LogP contribution in [0.25, 0.3) is 0 Å². The second kappa shape index (κ2) is 6.75. The molecule has 0 aliphatic carbocycles. The average Bonchev–Trinajstić information content (AvgIpc) is 2.12. The van der Waals surface area contributed by atoms with Gasteiger partial charge in [-0.2, -0.15) is 0 Å². The molecule has 0 heterocycles. The van der Waals surface area contributed by atoms with E-state index in [-0.39, 0.29) is 5.54 Å². The Hall–Kier alpha value is -0.0800. The van der Waals surface area contributed by atoms with E-state index in [2.05, 4.69) is 66.0 Å². The third-order valence-corrected chi connectivity index (χ3v) is 3.49. The summed E-state index contributed by atoms with van der Waals surface area (Å²) in [5.41, 5.74) is 0.642. The zero-order chi connectivity index (χ0) is 13.7. The number of hydrogen-bond donors (Lipinski definition) is 2. The fraction of sp³-hybridized carbons (Fsp3) is 1.00. The molecule has 2 heteroatoms. The molecule has 0 spiro atoms. The summed E-state index contributed by atoms with van der Waals surface area (Å²) in [6.45, 7) is 20.3. The Morgan fingerprint density at radius 1 is 0.941 bits per heavy atom. The Bertz CT molecular complexity index is 198. The van der Waals surface area contributed by atoms with Gasteiger partial charge in [0.25, 0.3) is 0 Å². The maximum Gasteiger partial charge on any atom is 0.0164 e. The van der Waals surface area contributed by atoms with Crippen LogP contribution in [0, 0.1) is 11.3 Å². The molecule has 2 unspecified atom stereocenters.